The molecule has 90 valence electrons. The van der Waals surface area contributed by atoms with Gasteiger partial charge in [0.1, 0.15) is 0 Å². The van der Waals surface area contributed by atoms with Crippen molar-refractivity contribution < 1.29 is 5.11 Å². The number of fused-ring (bicyclic) bond motifs is 1. The van der Waals surface area contributed by atoms with Crippen LogP contribution >= 0.6 is 11.3 Å². The lowest BCUT2D eigenvalue weighted by molar-refractivity contribution is 0.000224. The Morgan fingerprint density at radius 2 is 1.94 bits per heavy atom. The van der Waals surface area contributed by atoms with Gasteiger partial charge in [0, 0.05) is 9.58 Å². The molecule has 0 amide bonds. The van der Waals surface area contributed by atoms with Gasteiger partial charge in [-0.3, -0.25) is 0 Å². The van der Waals surface area contributed by atoms with Crippen LogP contribution in [0.15, 0.2) is 30.3 Å². The zero-order chi connectivity index (χ0) is 11.9. The van der Waals surface area contributed by atoms with Gasteiger partial charge in [-0.2, -0.15) is 0 Å². The number of thiophene rings is 1. The second-order valence-electron chi connectivity index (χ2n) is 5.28. The molecule has 2 aromatic rings. The van der Waals surface area contributed by atoms with E-state index in [1.54, 1.807) is 11.3 Å². The summed E-state index contributed by atoms with van der Waals surface area (Å²) in [5.74, 6) is 0.440. The first-order valence-corrected chi connectivity index (χ1v) is 7.21. The van der Waals surface area contributed by atoms with Gasteiger partial charge in [-0.05, 0) is 43.2 Å². The lowest BCUT2D eigenvalue weighted by Gasteiger charge is -2.28. The third-order valence-corrected chi connectivity index (χ3v) is 5.42. The summed E-state index contributed by atoms with van der Waals surface area (Å²) in [7, 11) is 0. The van der Waals surface area contributed by atoms with Gasteiger partial charge in [0.05, 0.1) is 5.60 Å². The number of aliphatic hydroxyl groups is 1. The van der Waals surface area contributed by atoms with Gasteiger partial charge in [0.2, 0.25) is 0 Å². The highest BCUT2D eigenvalue weighted by Crippen LogP contribution is 2.43. The van der Waals surface area contributed by atoms with Gasteiger partial charge in [-0.1, -0.05) is 31.0 Å². The molecule has 2 heteroatoms. The molecule has 3 rings (SSSR count). The van der Waals surface area contributed by atoms with E-state index in [1.807, 2.05) is 6.92 Å². The van der Waals surface area contributed by atoms with Gasteiger partial charge < -0.3 is 5.11 Å². The smallest absolute Gasteiger partial charge is 0.0988 e. The Morgan fingerprint density at radius 1 is 1.24 bits per heavy atom. The molecule has 1 heterocycles. The third kappa shape index (κ3) is 1.90. The van der Waals surface area contributed by atoms with E-state index in [1.165, 1.54) is 35.8 Å². The number of hydrogen-bond donors (Lipinski definition) is 1. The zero-order valence-electron chi connectivity index (χ0n) is 10.1. The third-order valence-electron chi connectivity index (χ3n) is 4.07. The predicted molar refractivity (Wildman–Crippen MR) is 73.4 cm³/mol. The molecule has 0 bridgehead atoms. The van der Waals surface area contributed by atoms with E-state index >= 15 is 0 Å². The summed E-state index contributed by atoms with van der Waals surface area (Å²) in [4.78, 5) is 1.13. The lowest BCUT2D eigenvalue weighted by Crippen LogP contribution is -2.28. The van der Waals surface area contributed by atoms with Gasteiger partial charge in [0.25, 0.3) is 0 Å². The van der Waals surface area contributed by atoms with Crippen LogP contribution in [0.3, 0.4) is 0 Å². The number of rotatable bonds is 2. The average Bonchev–Trinajstić information content (AvgIpc) is 2.98. The summed E-state index contributed by atoms with van der Waals surface area (Å²) < 4.78 is 1.28. The second-order valence-corrected chi connectivity index (χ2v) is 6.36. The molecule has 1 atom stereocenters. The van der Waals surface area contributed by atoms with Crippen LogP contribution in [-0.4, -0.2) is 5.11 Å². The molecule has 1 aliphatic carbocycles. The fraction of sp³-hybridized carbons (Fsp3) is 0.467. The molecule has 1 aromatic heterocycles. The second kappa shape index (κ2) is 4.11. The largest absolute Gasteiger partial charge is 0.384 e. The van der Waals surface area contributed by atoms with Gasteiger partial charge >= 0.3 is 0 Å². The Labute approximate surface area is 106 Å². The van der Waals surface area contributed by atoms with Gasteiger partial charge in [0.15, 0.2) is 0 Å². The SMILES string of the molecule is CC(O)(c1cc2ccccc2s1)C1CCCC1. The molecule has 1 fully saturated rings. The summed E-state index contributed by atoms with van der Waals surface area (Å²) in [5.41, 5.74) is -0.639. The quantitative estimate of drug-likeness (QED) is 0.837. The molecule has 1 N–H and O–H groups in total. The summed E-state index contributed by atoms with van der Waals surface area (Å²) in [5, 5.41) is 12.1. The van der Waals surface area contributed by atoms with Crippen LogP contribution in [0.5, 0.6) is 0 Å². The first-order valence-electron chi connectivity index (χ1n) is 6.39. The highest BCUT2D eigenvalue weighted by molar-refractivity contribution is 7.19. The first kappa shape index (κ1) is 11.2. The minimum absolute atomic E-state index is 0.440. The van der Waals surface area contributed by atoms with Crippen LogP contribution in [0, 0.1) is 5.92 Å². The molecule has 1 saturated carbocycles. The van der Waals surface area contributed by atoms with Gasteiger partial charge in [-0.25, -0.2) is 0 Å². The Balaban J connectivity index is 2.01. The fourth-order valence-electron chi connectivity index (χ4n) is 2.92. The molecule has 1 aliphatic rings. The van der Waals surface area contributed by atoms with Crippen molar-refractivity contribution in [1.29, 1.82) is 0 Å². The molecule has 0 aliphatic heterocycles. The summed E-state index contributed by atoms with van der Waals surface area (Å²) in [6.45, 7) is 1.99. The molecular formula is C15H18OS. The van der Waals surface area contributed by atoms with Crippen LogP contribution < -0.4 is 0 Å². The molecule has 0 spiro atoms. The molecular weight excluding hydrogens is 228 g/mol. The maximum atomic E-state index is 10.8. The number of benzene rings is 1. The van der Waals surface area contributed by atoms with Crippen molar-refractivity contribution >= 4 is 21.4 Å². The minimum atomic E-state index is -0.639. The average molecular weight is 246 g/mol. The van der Waals surface area contributed by atoms with E-state index in [4.69, 9.17) is 0 Å². The first-order chi connectivity index (χ1) is 8.18. The maximum absolute atomic E-state index is 10.8. The lowest BCUT2D eigenvalue weighted by atomic mass is 9.86. The van der Waals surface area contributed by atoms with Crippen LogP contribution in [-0.2, 0) is 5.60 Å². The summed E-state index contributed by atoms with van der Waals surface area (Å²) >= 11 is 1.74. The Morgan fingerprint density at radius 3 is 2.65 bits per heavy atom. The van der Waals surface area contributed by atoms with Crippen molar-refractivity contribution in [2.24, 2.45) is 5.92 Å². The Hall–Kier alpha value is -0.860. The topological polar surface area (TPSA) is 20.2 Å². The van der Waals surface area contributed by atoms with Crippen molar-refractivity contribution in [3.63, 3.8) is 0 Å². The normalized spacial score (nSPS) is 20.8. The van der Waals surface area contributed by atoms with E-state index in [0.29, 0.717) is 5.92 Å². The van der Waals surface area contributed by atoms with Crippen molar-refractivity contribution in [2.45, 2.75) is 38.2 Å². The predicted octanol–water partition coefficient (Wildman–Crippen LogP) is 4.30. The molecule has 0 saturated heterocycles. The van der Waals surface area contributed by atoms with Crippen LogP contribution in [0.1, 0.15) is 37.5 Å². The molecule has 1 nitrogen and oxygen atoms in total. The van der Waals surface area contributed by atoms with Gasteiger partial charge in [-0.15, -0.1) is 11.3 Å². The fourth-order valence-corrected chi connectivity index (χ4v) is 4.11. The monoisotopic (exact) mass is 246 g/mol. The van der Waals surface area contributed by atoms with Crippen molar-refractivity contribution in [2.75, 3.05) is 0 Å². The highest BCUT2D eigenvalue weighted by Gasteiger charge is 2.36. The van der Waals surface area contributed by atoms with E-state index in [-0.39, 0.29) is 0 Å². The standard InChI is InChI=1S/C15H18OS/c1-15(16,12-7-3-4-8-12)14-10-11-6-2-5-9-13(11)17-14/h2,5-6,9-10,12,16H,3-4,7-8H2,1H3. The Bertz CT molecular complexity index is 487. The van der Waals surface area contributed by atoms with Crippen molar-refractivity contribution in [3.05, 3.63) is 35.2 Å². The van der Waals surface area contributed by atoms with E-state index in [9.17, 15) is 5.11 Å². The summed E-state index contributed by atoms with van der Waals surface area (Å²) in [6, 6.07) is 10.5. The molecule has 17 heavy (non-hydrogen) atoms. The zero-order valence-corrected chi connectivity index (χ0v) is 11.0. The van der Waals surface area contributed by atoms with E-state index < -0.39 is 5.60 Å². The molecule has 1 unspecified atom stereocenters. The summed E-state index contributed by atoms with van der Waals surface area (Å²) in [6.07, 6.45) is 4.87. The number of hydrogen-bond acceptors (Lipinski definition) is 2. The van der Waals surface area contributed by atoms with Crippen LogP contribution in [0.2, 0.25) is 0 Å². The van der Waals surface area contributed by atoms with Crippen molar-refractivity contribution in [1.82, 2.24) is 0 Å². The van der Waals surface area contributed by atoms with E-state index in [0.717, 1.165) is 4.88 Å². The molecule has 0 radical (unpaired) electrons. The van der Waals surface area contributed by atoms with Crippen molar-refractivity contribution in [3.8, 4) is 0 Å². The van der Waals surface area contributed by atoms with Crippen LogP contribution in [0.25, 0.3) is 10.1 Å². The van der Waals surface area contributed by atoms with E-state index in [2.05, 4.69) is 30.3 Å². The van der Waals surface area contributed by atoms with Crippen LogP contribution in [0.4, 0.5) is 0 Å². The maximum Gasteiger partial charge on any atom is 0.0988 e. The Kier molecular flexibility index (Phi) is 2.72. The highest BCUT2D eigenvalue weighted by atomic mass is 32.1. The minimum Gasteiger partial charge on any atom is -0.384 e. The molecule has 1 aromatic carbocycles.